The van der Waals surface area contributed by atoms with Crippen LogP contribution in [0.2, 0.25) is 0 Å². The maximum Gasteiger partial charge on any atom is 0.222 e. The van der Waals surface area contributed by atoms with Crippen LogP contribution in [0.3, 0.4) is 0 Å². The van der Waals surface area contributed by atoms with Crippen LogP contribution < -0.4 is 5.32 Å². The quantitative estimate of drug-likeness (QED) is 0.491. The van der Waals surface area contributed by atoms with Crippen molar-refractivity contribution >= 4 is 5.91 Å². The van der Waals surface area contributed by atoms with E-state index in [4.69, 9.17) is 0 Å². The first-order chi connectivity index (χ1) is 7.11. The van der Waals surface area contributed by atoms with E-state index in [-0.39, 0.29) is 5.91 Å². The van der Waals surface area contributed by atoms with Gasteiger partial charge in [-0.15, -0.1) is 6.58 Å². The summed E-state index contributed by atoms with van der Waals surface area (Å²) in [6.07, 6.45) is 3.31. The third kappa shape index (κ3) is 7.14. The Morgan fingerprint density at radius 2 is 2.20 bits per heavy atom. The highest BCUT2D eigenvalue weighted by atomic mass is 16.2. The molecule has 0 aliphatic carbocycles. The summed E-state index contributed by atoms with van der Waals surface area (Å²) >= 11 is 0. The molecule has 0 unspecified atom stereocenters. The Morgan fingerprint density at radius 3 is 2.67 bits per heavy atom. The molecule has 0 spiro atoms. The first kappa shape index (κ1) is 14.2. The van der Waals surface area contributed by atoms with Crippen LogP contribution in [-0.2, 0) is 4.79 Å². The van der Waals surface area contributed by atoms with Crippen molar-refractivity contribution < 1.29 is 4.79 Å². The molecule has 0 aromatic heterocycles. The van der Waals surface area contributed by atoms with E-state index in [0.717, 1.165) is 19.5 Å². The lowest BCUT2D eigenvalue weighted by atomic mass is 10.2. The van der Waals surface area contributed by atoms with Gasteiger partial charge in [0.25, 0.3) is 0 Å². The highest BCUT2D eigenvalue weighted by Gasteiger charge is 2.08. The number of hydrogen-bond donors (Lipinski definition) is 1. The lowest BCUT2D eigenvalue weighted by Crippen LogP contribution is -2.32. The van der Waals surface area contributed by atoms with Gasteiger partial charge in [0.15, 0.2) is 0 Å². The predicted octanol–water partition coefficient (Wildman–Crippen LogP) is 1.80. The maximum absolute atomic E-state index is 11.7. The summed E-state index contributed by atoms with van der Waals surface area (Å²) < 4.78 is 0. The number of amides is 1. The fraction of sp³-hybridized carbons (Fsp3) is 0.750. The minimum Gasteiger partial charge on any atom is -0.339 e. The molecule has 1 N–H and O–H groups in total. The van der Waals surface area contributed by atoms with Crippen molar-refractivity contribution in [1.82, 2.24) is 10.2 Å². The maximum atomic E-state index is 11.7. The smallest absolute Gasteiger partial charge is 0.222 e. The van der Waals surface area contributed by atoms with Gasteiger partial charge in [0.1, 0.15) is 0 Å². The molecule has 1 amide bonds. The second-order valence-corrected chi connectivity index (χ2v) is 3.93. The van der Waals surface area contributed by atoms with E-state index in [2.05, 4.69) is 25.7 Å². The molecular formula is C12H24N2O. The van der Waals surface area contributed by atoms with Gasteiger partial charge in [-0.25, -0.2) is 0 Å². The molecule has 0 aliphatic heterocycles. The van der Waals surface area contributed by atoms with Gasteiger partial charge >= 0.3 is 0 Å². The minimum absolute atomic E-state index is 0.225. The van der Waals surface area contributed by atoms with Gasteiger partial charge in [0.2, 0.25) is 5.91 Å². The number of hydrogen-bond acceptors (Lipinski definition) is 2. The summed E-state index contributed by atoms with van der Waals surface area (Å²) in [5.74, 6) is 0.225. The van der Waals surface area contributed by atoms with Crippen LogP contribution in [0.5, 0.6) is 0 Å². The first-order valence-corrected chi connectivity index (χ1v) is 5.73. The van der Waals surface area contributed by atoms with Crippen LogP contribution in [0.1, 0.15) is 33.6 Å². The van der Waals surface area contributed by atoms with Crippen molar-refractivity contribution in [3.8, 4) is 0 Å². The second kappa shape index (κ2) is 8.48. The number of nitrogens with one attached hydrogen (secondary N) is 1. The molecule has 0 saturated carbocycles. The van der Waals surface area contributed by atoms with E-state index in [1.165, 1.54) is 0 Å². The van der Waals surface area contributed by atoms with Gasteiger partial charge in [-0.1, -0.05) is 19.9 Å². The molecule has 0 aromatic carbocycles. The predicted molar refractivity (Wildman–Crippen MR) is 64.8 cm³/mol. The summed E-state index contributed by atoms with van der Waals surface area (Å²) in [7, 11) is 0. The average Bonchev–Trinajstić information content (AvgIpc) is 2.20. The third-order valence-corrected chi connectivity index (χ3v) is 2.20. The highest BCUT2D eigenvalue weighted by Crippen LogP contribution is 1.97. The van der Waals surface area contributed by atoms with Crippen LogP contribution >= 0.6 is 0 Å². The normalized spacial score (nSPS) is 10.4. The van der Waals surface area contributed by atoms with Gasteiger partial charge in [-0.2, -0.15) is 0 Å². The molecule has 0 atom stereocenters. The molecule has 0 heterocycles. The van der Waals surface area contributed by atoms with Gasteiger partial charge < -0.3 is 10.2 Å². The molecule has 0 aliphatic rings. The third-order valence-electron chi connectivity index (χ3n) is 2.20. The van der Waals surface area contributed by atoms with Crippen molar-refractivity contribution in [2.24, 2.45) is 0 Å². The van der Waals surface area contributed by atoms with Gasteiger partial charge in [0, 0.05) is 25.6 Å². The number of rotatable bonds is 8. The number of likely N-dealkylation sites (N-methyl/N-ethyl adjacent to an activating group) is 1. The van der Waals surface area contributed by atoms with E-state index in [1.807, 2.05) is 11.8 Å². The van der Waals surface area contributed by atoms with Crippen LogP contribution in [0.15, 0.2) is 12.7 Å². The molecule has 88 valence electrons. The molecule has 0 aromatic rings. The molecule has 3 heteroatoms. The standard InChI is InChI=1S/C12H24N2O/c1-5-10-14(6-2)12(15)8-7-9-13-11(3)4/h5,11,13H,1,6-10H2,2-4H3. The number of carbonyl (C=O) groups excluding carboxylic acids is 1. The van der Waals surface area contributed by atoms with Crippen LogP contribution in [-0.4, -0.2) is 36.5 Å². The SMILES string of the molecule is C=CCN(CC)C(=O)CCCNC(C)C. The fourth-order valence-corrected chi connectivity index (χ4v) is 1.35. The lowest BCUT2D eigenvalue weighted by Gasteiger charge is -2.19. The van der Waals surface area contributed by atoms with E-state index < -0.39 is 0 Å². The molecule has 0 rings (SSSR count). The fourth-order valence-electron chi connectivity index (χ4n) is 1.35. The number of carbonyl (C=O) groups is 1. The van der Waals surface area contributed by atoms with Gasteiger partial charge in [-0.05, 0) is 19.9 Å². The van der Waals surface area contributed by atoms with E-state index in [1.54, 1.807) is 6.08 Å². The Balaban J connectivity index is 3.66. The topological polar surface area (TPSA) is 32.3 Å². The monoisotopic (exact) mass is 212 g/mol. The van der Waals surface area contributed by atoms with Crippen molar-refractivity contribution in [2.45, 2.75) is 39.7 Å². The van der Waals surface area contributed by atoms with E-state index >= 15 is 0 Å². The summed E-state index contributed by atoms with van der Waals surface area (Å²) in [4.78, 5) is 13.5. The zero-order valence-electron chi connectivity index (χ0n) is 10.3. The van der Waals surface area contributed by atoms with Gasteiger partial charge in [-0.3, -0.25) is 4.79 Å². The minimum atomic E-state index is 0.225. The molecule has 0 bridgehead atoms. The van der Waals surface area contributed by atoms with Crippen LogP contribution in [0, 0.1) is 0 Å². The highest BCUT2D eigenvalue weighted by molar-refractivity contribution is 5.76. The number of nitrogens with zero attached hydrogens (tertiary/aromatic N) is 1. The Kier molecular flexibility index (Phi) is 8.01. The van der Waals surface area contributed by atoms with Crippen molar-refractivity contribution in [1.29, 1.82) is 0 Å². The van der Waals surface area contributed by atoms with Crippen LogP contribution in [0.25, 0.3) is 0 Å². The molecule has 0 saturated heterocycles. The Bertz CT molecular complexity index is 190. The van der Waals surface area contributed by atoms with E-state index in [9.17, 15) is 4.79 Å². The van der Waals surface area contributed by atoms with E-state index in [0.29, 0.717) is 19.0 Å². The Hall–Kier alpha value is -0.830. The second-order valence-electron chi connectivity index (χ2n) is 3.93. The molecule has 0 radical (unpaired) electrons. The van der Waals surface area contributed by atoms with Crippen molar-refractivity contribution in [2.75, 3.05) is 19.6 Å². The molecular weight excluding hydrogens is 188 g/mol. The Labute approximate surface area is 93.5 Å². The lowest BCUT2D eigenvalue weighted by molar-refractivity contribution is -0.130. The van der Waals surface area contributed by atoms with Gasteiger partial charge in [0.05, 0.1) is 0 Å². The summed E-state index contributed by atoms with van der Waals surface area (Å²) in [5, 5.41) is 3.30. The summed E-state index contributed by atoms with van der Waals surface area (Å²) in [5.41, 5.74) is 0. The Morgan fingerprint density at radius 1 is 1.53 bits per heavy atom. The molecule has 0 fully saturated rings. The van der Waals surface area contributed by atoms with Crippen molar-refractivity contribution in [3.63, 3.8) is 0 Å². The van der Waals surface area contributed by atoms with Crippen LogP contribution in [0.4, 0.5) is 0 Å². The zero-order chi connectivity index (χ0) is 11.7. The molecule has 15 heavy (non-hydrogen) atoms. The van der Waals surface area contributed by atoms with Crippen molar-refractivity contribution in [3.05, 3.63) is 12.7 Å². The largest absolute Gasteiger partial charge is 0.339 e. The summed E-state index contributed by atoms with van der Waals surface area (Å²) in [6.45, 7) is 12.2. The zero-order valence-corrected chi connectivity index (χ0v) is 10.3. The average molecular weight is 212 g/mol. The summed E-state index contributed by atoms with van der Waals surface area (Å²) in [6, 6.07) is 0.496. The first-order valence-electron chi connectivity index (χ1n) is 5.73. The molecule has 3 nitrogen and oxygen atoms in total.